The van der Waals surface area contributed by atoms with Crippen LogP contribution in [0.1, 0.15) is 6.92 Å². The molecule has 0 aromatic heterocycles. The summed E-state index contributed by atoms with van der Waals surface area (Å²) in [5.41, 5.74) is 5.38. The molecule has 70 valence electrons. The lowest BCUT2D eigenvalue weighted by Crippen LogP contribution is -2.56. The lowest BCUT2D eigenvalue weighted by Gasteiger charge is -2.39. The number of rotatable bonds is 3. The van der Waals surface area contributed by atoms with Crippen molar-refractivity contribution in [1.82, 2.24) is 4.90 Å². The zero-order chi connectivity index (χ0) is 9.14. The van der Waals surface area contributed by atoms with Gasteiger partial charge in [-0.25, -0.2) is 0 Å². The van der Waals surface area contributed by atoms with Crippen LogP contribution in [0.15, 0.2) is 0 Å². The van der Waals surface area contributed by atoms with Crippen LogP contribution < -0.4 is 5.73 Å². The highest BCUT2D eigenvalue weighted by Gasteiger charge is 2.32. The van der Waals surface area contributed by atoms with E-state index in [1.54, 1.807) is 12.0 Å². The first-order valence-electron chi connectivity index (χ1n) is 4.20. The van der Waals surface area contributed by atoms with Crippen LogP contribution in [-0.2, 0) is 9.53 Å². The van der Waals surface area contributed by atoms with Gasteiger partial charge in [-0.05, 0) is 0 Å². The van der Waals surface area contributed by atoms with Gasteiger partial charge in [0.05, 0.1) is 6.10 Å². The molecule has 1 amide bonds. The summed E-state index contributed by atoms with van der Waals surface area (Å²) >= 11 is 0. The van der Waals surface area contributed by atoms with E-state index in [9.17, 15) is 4.79 Å². The van der Waals surface area contributed by atoms with E-state index >= 15 is 0 Å². The number of carbonyl (C=O) groups excluding carboxylic acids is 1. The summed E-state index contributed by atoms with van der Waals surface area (Å²) < 4.78 is 5.05. The molecule has 1 heterocycles. The Bertz CT molecular complexity index is 166. The van der Waals surface area contributed by atoms with Crippen molar-refractivity contribution in [2.24, 2.45) is 11.7 Å². The molecule has 1 aliphatic rings. The average Bonchev–Trinajstić information content (AvgIpc) is 2.01. The van der Waals surface area contributed by atoms with E-state index in [2.05, 4.69) is 0 Å². The Morgan fingerprint density at radius 2 is 2.33 bits per heavy atom. The van der Waals surface area contributed by atoms with Crippen molar-refractivity contribution in [1.29, 1.82) is 0 Å². The van der Waals surface area contributed by atoms with Crippen molar-refractivity contribution in [3.8, 4) is 0 Å². The number of nitrogens with zero attached hydrogens (tertiary/aromatic N) is 1. The lowest BCUT2D eigenvalue weighted by molar-refractivity contribution is -0.146. The first-order valence-corrected chi connectivity index (χ1v) is 4.20. The number of hydrogen-bond acceptors (Lipinski definition) is 3. The molecule has 12 heavy (non-hydrogen) atoms. The van der Waals surface area contributed by atoms with E-state index in [0.717, 1.165) is 13.1 Å². The van der Waals surface area contributed by atoms with Crippen LogP contribution in [0.3, 0.4) is 0 Å². The van der Waals surface area contributed by atoms with Crippen molar-refractivity contribution >= 4 is 5.91 Å². The van der Waals surface area contributed by atoms with Crippen molar-refractivity contribution in [2.75, 3.05) is 26.7 Å². The Balaban J connectivity index is 2.28. The SMILES string of the molecule is COC1CN(C(=O)C(C)CN)C1. The minimum atomic E-state index is -0.0530. The minimum absolute atomic E-state index is 0.0530. The molecular formula is C8H16N2O2. The molecule has 1 saturated heterocycles. The molecule has 2 N–H and O–H groups in total. The van der Waals surface area contributed by atoms with Gasteiger partial charge in [0.25, 0.3) is 0 Å². The van der Waals surface area contributed by atoms with Crippen LogP contribution in [0.2, 0.25) is 0 Å². The van der Waals surface area contributed by atoms with Gasteiger partial charge in [-0.3, -0.25) is 4.79 Å². The van der Waals surface area contributed by atoms with Gasteiger partial charge in [0.2, 0.25) is 5.91 Å². The third-order valence-corrected chi connectivity index (χ3v) is 2.27. The highest BCUT2D eigenvalue weighted by Crippen LogP contribution is 2.13. The molecular weight excluding hydrogens is 156 g/mol. The third kappa shape index (κ3) is 1.76. The van der Waals surface area contributed by atoms with E-state index in [0.29, 0.717) is 6.54 Å². The standard InChI is InChI=1S/C8H16N2O2/c1-6(3-9)8(11)10-4-7(5-10)12-2/h6-7H,3-5,9H2,1-2H3. The van der Waals surface area contributed by atoms with Crippen molar-refractivity contribution in [3.63, 3.8) is 0 Å². The van der Waals surface area contributed by atoms with Crippen LogP contribution >= 0.6 is 0 Å². The summed E-state index contributed by atoms with van der Waals surface area (Å²) in [5, 5.41) is 0. The summed E-state index contributed by atoms with van der Waals surface area (Å²) in [7, 11) is 1.67. The number of methoxy groups -OCH3 is 1. The van der Waals surface area contributed by atoms with E-state index in [-0.39, 0.29) is 17.9 Å². The van der Waals surface area contributed by atoms with E-state index < -0.39 is 0 Å². The number of carbonyl (C=O) groups is 1. The molecule has 1 rings (SSSR count). The van der Waals surface area contributed by atoms with Gasteiger partial charge in [-0.15, -0.1) is 0 Å². The van der Waals surface area contributed by atoms with Gasteiger partial charge in [0.1, 0.15) is 0 Å². The Morgan fingerprint density at radius 1 is 1.75 bits per heavy atom. The van der Waals surface area contributed by atoms with Crippen molar-refractivity contribution < 1.29 is 9.53 Å². The Labute approximate surface area is 72.7 Å². The second kappa shape index (κ2) is 3.87. The molecule has 0 radical (unpaired) electrons. The second-order valence-electron chi connectivity index (χ2n) is 3.24. The number of ether oxygens (including phenoxy) is 1. The smallest absolute Gasteiger partial charge is 0.226 e. The molecule has 0 spiro atoms. The number of nitrogens with two attached hydrogens (primary N) is 1. The molecule has 4 heteroatoms. The molecule has 0 aromatic rings. The first kappa shape index (κ1) is 9.48. The summed E-state index contributed by atoms with van der Waals surface area (Å²) in [6.45, 7) is 3.72. The first-order chi connectivity index (χ1) is 5.69. The number of hydrogen-bond donors (Lipinski definition) is 1. The zero-order valence-electron chi connectivity index (χ0n) is 7.62. The molecule has 0 saturated carbocycles. The molecule has 0 aliphatic carbocycles. The van der Waals surface area contributed by atoms with Crippen LogP contribution in [0, 0.1) is 5.92 Å². The highest BCUT2D eigenvalue weighted by atomic mass is 16.5. The van der Waals surface area contributed by atoms with Gasteiger partial charge in [-0.1, -0.05) is 6.92 Å². The Kier molecular flexibility index (Phi) is 3.05. The molecule has 1 fully saturated rings. The molecule has 0 aromatic carbocycles. The number of amides is 1. The van der Waals surface area contributed by atoms with Crippen LogP contribution in [0.5, 0.6) is 0 Å². The lowest BCUT2D eigenvalue weighted by atomic mass is 10.1. The molecule has 0 bridgehead atoms. The highest BCUT2D eigenvalue weighted by molar-refractivity contribution is 5.79. The monoisotopic (exact) mass is 172 g/mol. The van der Waals surface area contributed by atoms with Crippen molar-refractivity contribution in [3.05, 3.63) is 0 Å². The molecule has 1 aliphatic heterocycles. The van der Waals surface area contributed by atoms with Gasteiger partial charge in [-0.2, -0.15) is 0 Å². The average molecular weight is 172 g/mol. The minimum Gasteiger partial charge on any atom is -0.378 e. The maximum atomic E-state index is 11.4. The third-order valence-electron chi connectivity index (χ3n) is 2.27. The van der Waals surface area contributed by atoms with Crippen LogP contribution in [0.4, 0.5) is 0 Å². The summed E-state index contributed by atoms with van der Waals surface area (Å²) in [4.78, 5) is 13.2. The summed E-state index contributed by atoms with van der Waals surface area (Å²) in [6.07, 6.45) is 0.235. The predicted octanol–water partition coefficient (Wildman–Crippen LogP) is -0.562. The van der Waals surface area contributed by atoms with Gasteiger partial charge < -0.3 is 15.4 Å². The van der Waals surface area contributed by atoms with E-state index in [4.69, 9.17) is 10.5 Å². The fourth-order valence-corrected chi connectivity index (χ4v) is 1.18. The summed E-state index contributed by atoms with van der Waals surface area (Å²) in [5.74, 6) is 0.0913. The fraction of sp³-hybridized carbons (Fsp3) is 0.875. The van der Waals surface area contributed by atoms with Crippen LogP contribution in [-0.4, -0.2) is 43.7 Å². The summed E-state index contributed by atoms with van der Waals surface area (Å²) in [6, 6.07) is 0. The van der Waals surface area contributed by atoms with E-state index in [1.165, 1.54) is 0 Å². The zero-order valence-corrected chi connectivity index (χ0v) is 7.62. The number of likely N-dealkylation sites (tertiary alicyclic amines) is 1. The fourth-order valence-electron chi connectivity index (χ4n) is 1.18. The topological polar surface area (TPSA) is 55.6 Å². The molecule has 1 atom stereocenters. The van der Waals surface area contributed by atoms with Gasteiger partial charge in [0.15, 0.2) is 0 Å². The molecule has 4 nitrogen and oxygen atoms in total. The van der Waals surface area contributed by atoms with E-state index in [1.807, 2.05) is 6.92 Å². The maximum Gasteiger partial charge on any atom is 0.226 e. The van der Waals surface area contributed by atoms with Crippen molar-refractivity contribution in [2.45, 2.75) is 13.0 Å². The second-order valence-corrected chi connectivity index (χ2v) is 3.24. The van der Waals surface area contributed by atoms with Gasteiger partial charge >= 0.3 is 0 Å². The quantitative estimate of drug-likeness (QED) is 0.620. The normalized spacial score (nSPS) is 20.4. The van der Waals surface area contributed by atoms with Gasteiger partial charge in [0, 0.05) is 32.7 Å². The molecule has 1 unspecified atom stereocenters. The Morgan fingerprint density at radius 3 is 2.75 bits per heavy atom. The van der Waals surface area contributed by atoms with Crippen LogP contribution in [0.25, 0.3) is 0 Å². The maximum absolute atomic E-state index is 11.4. The predicted molar refractivity (Wildman–Crippen MR) is 45.6 cm³/mol. The largest absolute Gasteiger partial charge is 0.378 e. The Hall–Kier alpha value is -0.610.